The second kappa shape index (κ2) is 6.27. The third kappa shape index (κ3) is 4.19. The van der Waals surface area contributed by atoms with Crippen molar-refractivity contribution in [3.05, 3.63) is 0 Å². The van der Waals surface area contributed by atoms with Crippen LogP contribution in [0.1, 0.15) is 6.92 Å². The molecule has 0 aromatic heterocycles. The van der Waals surface area contributed by atoms with E-state index in [2.05, 4.69) is 16.2 Å². The molecule has 1 saturated heterocycles. The van der Waals surface area contributed by atoms with Gasteiger partial charge in [0.2, 0.25) is 0 Å². The molecule has 15 heavy (non-hydrogen) atoms. The summed E-state index contributed by atoms with van der Waals surface area (Å²) in [5.74, 6) is 2.61. The monoisotopic (exact) mass is 211 g/mol. The number of carbonyl (C=O) groups excluding carboxylic acids is 1. The standard InChI is InChI=1S/C10H17N3O2/c1-3-5-12-6-8-13(9-7-12)11-10(14)15-4-2/h1H,4-9H2,2H3,(H,11,14). The first-order valence-corrected chi connectivity index (χ1v) is 5.10. The highest BCUT2D eigenvalue weighted by atomic mass is 16.6. The van der Waals surface area contributed by atoms with Gasteiger partial charge in [-0.25, -0.2) is 9.80 Å². The molecule has 1 heterocycles. The Hall–Kier alpha value is -1.25. The summed E-state index contributed by atoms with van der Waals surface area (Å²) < 4.78 is 4.78. The van der Waals surface area contributed by atoms with Gasteiger partial charge < -0.3 is 4.74 Å². The zero-order chi connectivity index (χ0) is 11.1. The molecule has 0 bridgehead atoms. The lowest BCUT2D eigenvalue weighted by Gasteiger charge is -2.33. The molecular weight excluding hydrogens is 194 g/mol. The summed E-state index contributed by atoms with van der Waals surface area (Å²) in [6.07, 6.45) is 4.83. The number of amides is 1. The minimum atomic E-state index is -0.386. The summed E-state index contributed by atoms with van der Waals surface area (Å²) in [4.78, 5) is 13.3. The highest BCUT2D eigenvalue weighted by Crippen LogP contribution is 1.98. The Labute approximate surface area is 90.3 Å². The van der Waals surface area contributed by atoms with Gasteiger partial charge in [0.05, 0.1) is 13.2 Å². The van der Waals surface area contributed by atoms with Gasteiger partial charge >= 0.3 is 6.09 Å². The van der Waals surface area contributed by atoms with E-state index in [0.29, 0.717) is 13.2 Å². The summed E-state index contributed by atoms with van der Waals surface area (Å²) in [6, 6.07) is 0. The van der Waals surface area contributed by atoms with Crippen LogP contribution in [0, 0.1) is 12.3 Å². The van der Waals surface area contributed by atoms with Crippen LogP contribution in [0.15, 0.2) is 0 Å². The molecule has 0 spiro atoms. The Balaban J connectivity index is 2.20. The van der Waals surface area contributed by atoms with E-state index in [9.17, 15) is 4.79 Å². The lowest BCUT2D eigenvalue weighted by Crippen LogP contribution is -2.53. The molecule has 1 N–H and O–H groups in total. The summed E-state index contributed by atoms with van der Waals surface area (Å²) in [5.41, 5.74) is 2.68. The van der Waals surface area contributed by atoms with Crippen LogP contribution in [0.25, 0.3) is 0 Å². The van der Waals surface area contributed by atoms with Crippen LogP contribution in [-0.4, -0.2) is 55.3 Å². The number of hydrogen-bond acceptors (Lipinski definition) is 4. The van der Waals surface area contributed by atoms with Crippen LogP contribution >= 0.6 is 0 Å². The maximum Gasteiger partial charge on any atom is 0.421 e. The molecule has 0 aromatic rings. The van der Waals surface area contributed by atoms with Crippen molar-refractivity contribution >= 4 is 6.09 Å². The predicted molar refractivity (Wildman–Crippen MR) is 57.0 cm³/mol. The highest BCUT2D eigenvalue weighted by molar-refractivity contribution is 5.66. The molecule has 1 aliphatic rings. The summed E-state index contributed by atoms with van der Waals surface area (Å²) in [5, 5.41) is 1.85. The van der Waals surface area contributed by atoms with Crippen LogP contribution in [0.4, 0.5) is 4.79 Å². The average Bonchev–Trinajstić information content (AvgIpc) is 2.22. The predicted octanol–water partition coefficient (Wildman–Crippen LogP) is -0.102. The van der Waals surface area contributed by atoms with Gasteiger partial charge in [-0.3, -0.25) is 10.3 Å². The maximum absolute atomic E-state index is 11.1. The fraction of sp³-hybridized carbons (Fsp3) is 0.700. The minimum absolute atomic E-state index is 0.386. The number of hydrogen-bond donors (Lipinski definition) is 1. The zero-order valence-corrected chi connectivity index (χ0v) is 9.03. The van der Waals surface area contributed by atoms with E-state index in [4.69, 9.17) is 11.2 Å². The number of ether oxygens (including phenoxy) is 1. The average molecular weight is 211 g/mol. The molecule has 0 aliphatic carbocycles. The number of nitrogens with zero attached hydrogens (tertiary/aromatic N) is 2. The second-order valence-corrected chi connectivity index (χ2v) is 3.30. The number of carbonyl (C=O) groups is 1. The third-order valence-corrected chi connectivity index (χ3v) is 2.21. The van der Waals surface area contributed by atoms with Crippen LogP contribution in [0.5, 0.6) is 0 Å². The summed E-state index contributed by atoms with van der Waals surface area (Å²) in [7, 11) is 0. The minimum Gasteiger partial charge on any atom is -0.449 e. The molecule has 1 amide bonds. The Bertz CT molecular complexity index is 242. The highest BCUT2D eigenvalue weighted by Gasteiger charge is 2.17. The lowest BCUT2D eigenvalue weighted by molar-refractivity contribution is 0.0753. The fourth-order valence-corrected chi connectivity index (χ4v) is 1.44. The Morgan fingerprint density at radius 2 is 2.13 bits per heavy atom. The lowest BCUT2D eigenvalue weighted by atomic mass is 10.3. The number of rotatable bonds is 3. The summed E-state index contributed by atoms with van der Waals surface area (Å²) in [6.45, 7) is 6.15. The molecule has 0 radical (unpaired) electrons. The van der Waals surface area contributed by atoms with Crippen molar-refractivity contribution in [3.63, 3.8) is 0 Å². The Morgan fingerprint density at radius 1 is 1.47 bits per heavy atom. The normalized spacial score (nSPS) is 18.1. The van der Waals surface area contributed by atoms with Gasteiger partial charge in [0, 0.05) is 26.2 Å². The fourth-order valence-electron chi connectivity index (χ4n) is 1.44. The van der Waals surface area contributed by atoms with Crippen LogP contribution < -0.4 is 5.43 Å². The van der Waals surface area contributed by atoms with Gasteiger partial charge in [-0.05, 0) is 6.92 Å². The smallest absolute Gasteiger partial charge is 0.421 e. The van der Waals surface area contributed by atoms with E-state index in [1.807, 2.05) is 5.01 Å². The van der Waals surface area contributed by atoms with Gasteiger partial charge in [-0.15, -0.1) is 6.42 Å². The van der Waals surface area contributed by atoms with Crippen molar-refractivity contribution in [2.45, 2.75) is 6.92 Å². The van der Waals surface area contributed by atoms with E-state index in [0.717, 1.165) is 26.2 Å². The van der Waals surface area contributed by atoms with Gasteiger partial charge in [0.1, 0.15) is 0 Å². The van der Waals surface area contributed by atoms with Gasteiger partial charge in [0.15, 0.2) is 0 Å². The molecular formula is C10H17N3O2. The Kier molecular flexibility index (Phi) is 4.95. The third-order valence-electron chi connectivity index (χ3n) is 2.21. The van der Waals surface area contributed by atoms with E-state index < -0.39 is 0 Å². The topological polar surface area (TPSA) is 44.8 Å². The quantitative estimate of drug-likeness (QED) is 0.662. The first-order chi connectivity index (χ1) is 7.26. The van der Waals surface area contributed by atoms with Crippen LogP contribution in [0.2, 0.25) is 0 Å². The molecule has 5 nitrogen and oxygen atoms in total. The molecule has 5 heteroatoms. The molecule has 84 valence electrons. The van der Waals surface area contributed by atoms with Crippen molar-refractivity contribution in [3.8, 4) is 12.3 Å². The maximum atomic E-state index is 11.1. The second-order valence-electron chi connectivity index (χ2n) is 3.30. The first kappa shape index (κ1) is 11.8. The van der Waals surface area contributed by atoms with Crippen molar-refractivity contribution in [1.82, 2.24) is 15.3 Å². The summed E-state index contributed by atoms with van der Waals surface area (Å²) >= 11 is 0. The zero-order valence-electron chi connectivity index (χ0n) is 9.03. The molecule has 1 rings (SSSR count). The molecule has 0 unspecified atom stereocenters. The van der Waals surface area contributed by atoms with Crippen molar-refractivity contribution in [2.75, 3.05) is 39.3 Å². The molecule has 1 aliphatic heterocycles. The van der Waals surface area contributed by atoms with Crippen LogP contribution in [0.3, 0.4) is 0 Å². The van der Waals surface area contributed by atoms with E-state index in [1.165, 1.54) is 0 Å². The van der Waals surface area contributed by atoms with Crippen molar-refractivity contribution in [1.29, 1.82) is 0 Å². The first-order valence-electron chi connectivity index (χ1n) is 5.10. The van der Waals surface area contributed by atoms with E-state index in [1.54, 1.807) is 6.92 Å². The molecule has 0 saturated carbocycles. The van der Waals surface area contributed by atoms with Gasteiger partial charge in [0.25, 0.3) is 0 Å². The molecule has 0 atom stereocenters. The number of terminal acetylenes is 1. The Morgan fingerprint density at radius 3 is 2.67 bits per heavy atom. The van der Waals surface area contributed by atoms with Gasteiger partial charge in [-0.1, -0.05) is 5.92 Å². The van der Waals surface area contributed by atoms with Crippen LogP contribution in [-0.2, 0) is 4.74 Å². The van der Waals surface area contributed by atoms with E-state index >= 15 is 0 Å². The SMILES string of the molecule is C#CCN1CCN(NC(=O)OCC)CC1. The number of piperazine rings is 1. The van der Waals surface area contributed by atoms with Gasteiger partial charge in [-0.2, -0.15) is 0 Å². The molecule has 0 aromatic carbocycles. The number of nitrogens with one attached hydrogen (secondary N) is 1. The van der Waals surface area contributed by atoms with E-state index in [-0.39, 0.29) is 6.09 Å². The largest absolute Gasteiger partial charge is 0.449 e. The van der Waals surface area contributed by atoms with Crippen molar-refractivity contribution in [2.24, 2.45) is 0 Å². The van der Waals surface area contributed by atoms with Crippen molar-refractivity contribution < 1.29 is 9.53 Å². The molecule has 1 fully saturated rings. The number of hydrazine groups is 1.